The zero-order valence-corrected chi connectivity index (χ0v) is 15.6. The highest BCUT2D eigenvalue weighted by Crippen LogP contribution is 2.61. The van der Waals surface area contributed by atoms with Crippen LogP contribution in [0.3, 0.4) is 0 Å². The molecular weight excluding hydrogens is 314 g/mol. The van der Waals surface area contributed by atoms with Gasteiger partial charge in [-0.2, -0.15) is 0 Å². The Labute approximate surface area is 151 Å². The van der Waals surface area contributed by atoms with E-state index >= 15 is 0 Å². The molecule has 25 heavy (non-hydrogen) atoms. The van der Waals surface area contributed by atoms with Gasteiger partial charge in [-0.15, -0.1) is 0 Å². The third-order valence-corrected chi connectivity index (χ3v) is 7.68. The molecule has 4 heteroatoms. The molecule has 5 saturated carbocycles. The van der Waals surface area contributed by atoms with Crippen LogP contribution in [0, 0.1) is 35.0 Å². The fourth-order valence-corrected chi connectivity index (χ4v) is 7.07. The highest BCUT2D eigenvalue weighted by Gasteiger charge is 2.51. The van der Waals surface area contributed by atoms with E-state index in [0.717, 1.165) is 43.4 Å². The second kappa shape index (κ2) is 6.92. The van der Waals surface area contributed by atoms with Crippen molar-refractivity contribution in [2.75, 3.05) is 13.7 Å². The van der Waals surface area contributed by atoms with E-state index < -0.39 is 0 Å². The Bertz CT molecular complexity index is 494. The number of methoxy groups -OCH3 is 1. The second-order valence-electron chi connectivity index (χ2n) is 9.57. The van der Waals surface area contributed by atoms with Gasteiger partial charge in [0.05, 0.1) is 13.0 Å². The Morgan fingerprint density at radius 2 is 1.60 bits per heavy atom. The van der Waals surface area contributed by atoms with E-state index in [4.69, 9.17) is 4.74 Å². The first kappa shape index (κ1) is 17.4. The molecule has 0 spiro atoms. The molecule has 1 N–H and O–H groups in total. The summed E-state index contributed by atoms with van der Waals surface area (Å²) < 4.78 is 4.97. The van der Waals surface area contributed by atoms with Crippen molar-refractivity contribution in [3.63, 3.8) is 0 Å². The SMILES string of the molecule is COC(=O)C1CCCCC1CNC(=O)CC12CC3CC(CC(C3)C1)C2. The quantitative estimate of drug-likeness (QED) is 0.772. The van der Waals surface area contributed by atoms with Crippen LogP contribution in [0.15, 0.2) is 0 Å². The van der Waals surface area contributed by atoms with Crippen molar-refractivity contribution in [3.8, 4) is 0 Å². The predicted molar refractivity (Wildman–Crippen MR) is 95.7 cm³/mol. The van der Waals surface area contributed by atoms with Gasteiger partial charge in [-0.25, -0.2) is 0 Å². The molecule has 0 radical (unpaired) electrons. The van der Waals surface area contributed by atoms with Gasteiger partial charge in [-0.1, -0.05) is 12.8 Å². The molecule has 0 aromatic heterocycles. The molecule has 5 rings (SSSR count). The maximum atomic E-state index is 12.7. The zero-order valence-electron chi connectivity index (χ0n) is 15.6. The first-order valence-electron chi connectivity index (χ1n) is 10.4. The van der Waals surface area contributed by atoms with Crippen molar-refractivity contribution in [2.24, 2.45) is 35.0 Å². The zero-order chi connectivity index (χ0) is 17.4. The normalized spacial score (nSPS) is 42.2. The van der Waals surface area contributed by atoms with Gasteiger partial charge in [0.25, 0.3) is 0 Å². The van der Waals surface area contributed by atoms with Crippen molar-refractivity contribution in [1.29, 1.82) is 0 Å². The molecule has 5 aliphatic rings. The summed E-state index contributed by atoms with van der Waals surface area (Å²) in [5.74, 6) is 3.01. The summed E-state index contributed by atoms with van der Waals surface area (Å²) in [6, 6.07) is 0. The van der Waals surface area contributed by atoms with Gasteiger partial charge < -0.3 is 10.1 Å². The van der Waals surface area contributed by atoms with E-state index in [9.17, 15) is 9.59 Å². The molecule has 0 aromatic carbocycles. The predicted octanol–water partition coefficient (Wildman–Crippen LogP) is 3.69. The highest BCUT2D eigenvalue weighted by atomic mass is 16.5. The maximum Gasteiger partial charge on any atom is 0.309 e. The van der Waals surface area contributed by atoms with E-state index in [1.807, 2.05) is 0 Å². The lowest BCUT2D eigenvalue weighted by atomic mass is 9.49. The Morgan fingerprint density at radius 3 is 2.20 bits per heavy atom. The van der Waals surface area contributed by atoms with Gasteiger partial charge in [-0.05, 0) is 80.5 Å². The smallest absolute Gasteiger partial charge is 0.309 e. The maximum absolute atomic E-state index is 12.7. The van der Waals surface area contributed by atoms with Crippen molar-refractivity contribution in [1.82, 2.24) is 5.32 Å². The van der Waals surface area contributed by atoms with Crippen LogP contribution < -0.4 is 5.32 Å². The molecule has 2 atom stereocenters. The molecule has 0 heterocycles. The van der Waals surface area contributed by atoms with Crippen LogP contribution >= 0.6 is 0 Å². The third kappa shape index (κ3) is 3.59. The Morgan fingerprint density at radius 1 is 1.00 bits per heavy atom. The summed E-state index contributed by atoms with van der Waals surface area (Å²) in [5.41, 5.74) is 0.299. The molecule has 0 saturated heterocycles. The minimum Gasteiger partial charge on any atom is -0.469 e. The monoisotopic (exact) mass is 347 g/mol. The van der Waals surface area contributed by atoms with E-state index in [1.165, 1.54) is 45.6 Å². The first-order valence-corrected chi connectivity index (χ1v) is 10.4. The van der Waals surface area contributed by atoms with Crippen LogP contribution in [0.25, 0.3) is 0 Å². The molecule has 0 aliphatic heterocycles. The number of carbonyl (C=O) groups excluding carboxylic acids is 2. The third-order valence-electron chi connectivity index (χ3n) is 7.68. The van der Waals surface area contributed by atoms with E-state index in [-0.39, 0.29) is 23.7 Å². The fraction of sp³-hybridized carbons (Fsp3) is 0.905. The van der Waals surface area contributed by atoms with Crippen molar-refractivity contribution in [2.45, 2.75) is 70.6 Å². The second-order valence-corrected chi connectivity index (χ2v) is 9.57. The van der Waals surface area contributed by atoms with Crippen LogP contribution in [-0.4, -0.2) is 25.5 Å². The topological polar surface area (TPSA) is 55.4 Å². The van der Waals surface area contributed by atoms with Crippen LogP contribution in [0.2, 0.25) is 0 Å². The summed E-state index contributed by atoms with van der Waals surface area (Å²) >= 11 is 0. The number of ether oxygens (including phenoxy) is 1. The Balaban J connectivity index is 1.31. The molecule has 5 fully saturated rings. The van der Waals surface area contributed by atoms with Crippen LogP contribution in [0.1, 0.15) is 70.6 Å². The number of hydrogen-bond donors (Lipinski definition) is 1. The van der Waals surface area contributed by atoms with Crippen LogP contribution in [-0.2, 0) is 14.3 Å². The van der Waals surface area contributed by atoms with Gasteiger partial charge in [0, 0.05) is 13.0 Å². The standard InChI is InChI=1S/C21H33NO3/c1-25-20(24)18-5-3-2-4-17(18)13-22-19(23)12-21-9-14-6-15(10-21)8-16(7-14)11-21/h14-18H,2-13H2,1H3,(H,22,23). The molecular formula is C21H33NO3. The number of hydrogen-bond acceptors (Lipinski definition) is 3. The number of nitrogens with one attached hydrogen (secondary N) is 1. The first-order chi connectivity index (χ1) is 12.1. The number of esters is 1. The summed E-state index contributed by atoms with van der Waals surface area (Å²) in [5, 5.41) is 3.19. The number of carbonyl (C=O) groups is 2. The van der Waals surface area contributed by atoms with Gasteiger partial charge in [0.15, 0.2) is 0 Å². The minimum absolute atomic E-state index is 0.0291. The fourth-order valence-electron chi connectivity index (χ4n) is 7.07. The van der Waals surface area contributed by atoms with Crippen molar-refractivity contribution >= 4 is 11.9 Å². The van der Waals surface area contributed by atoms with Gasteiger partial charge in [0.1, 0.15) is 0 Å². The average molecular weight is 347 g/mol. The van der Waals surface area contributed by atoms with E-state index in [0.29, 0.717) is 18.4 Å². The van der Waals surface area contributed by atoms with Gasteiger partial charge in [0.2, 0.25) is 5.91 Å². The van der Waals surface area contributed by atoms with Crippen LogP contribution in [0.4, 0.5) is 0 Å². The summed E-state index contributed by atoms with van der Waals surface area (Å²) in [7, 11) is 1.47. The molecule has 2 unspecified atom stereocenters. The number of amides is 1. The van der Waals surface area contributed by atoms with E-state index in [2.05, 4.69) is 5.32 Å². The molecule has 140 valence electrons. The average Bonchev–Trinajstić information content (AvgIpc) is 2.58. The molecule has 1 amide bonds. The molecule has 5 aliphatic carbocycles. The summed E-state index contributed by atoms with van der Waals surface area (Å²) in [4.78, 5) is 24.7. The lowest BCUT2D eigenvalue weighted by Gasteiger charge is -2.56. The molecule has 0 aromatic rings. The van der Waals surface area contributed by atoms with E-state index in [1.54, 1.807) is 0 Å². The molecule has 4 bridgehead atoms. The number of rotatable bonds is 5. The van der Waals surface area contributed by atoms with Gasteiger partial charge in [-0.3, -0.25) is 9.59 Å². The Kier molecular flexibility index (Phi) is 4.81. The summed E-state index contributed by atoms with van der Waals surface area (Å²) in [6.45, 7) is 0.644. The van der Waals surface area contributed by atoms with Crippen LogP contribution in [0.5, 0.6) is 0 Å². The largest absolute Gasteiger partial charge is 0.469 e. The van der Waals surface area contributed by atoms with Crippen molar-refractivity contribution in [3.05, 3.63) is 0 Å². The van der Waals surface area contributed by atoms with Crippen molar-refractivity contribution < 1.29 is 14.3 Å². The lowest BCUT2D eigenvalue weighted by Crippen LogP contribution is -2.48. The molecule has 4 nitrogen and oxygen atoms in total. The minimum atomic E-state index is -0.0972. The van der Waals surface area contributed by atoms with Gasteiger partial charge >= 0.3 is 5.97 Å². The lowest BCUT2D eigenvalue weighted by molar-refractivity contribution is -0.149. The Hall–Kier alpha value is -1.06. The highest BCUT2D eigenvalue weighted by molar-refractivity contribution is 5.77. The summed E-state index contributed by atoms with van der Waals surface area (Å²) in [6.07, 6.45) is 13.0.